The quantitative estimate of drug-likeness (QED) is 0.929. The molecule has 1 unspecified atom stereocenters. The van der Waals surface area contributed by atoms with Crippen molar-refractivity contribution >= 4 is 27.6 Å². The van der Waals surface area contributed by atoms with E-state index in [2.05, 4.69) is 26.9 Å². The number of nitriles is 1. The lowest BCUT2D eigenvalue weighted by atomic mass is 9.94. The average Bonchev–Trinajstić information content (AvgIpc) is 2.38. The molecule has 0 saturated carbocycles. The van der Waals surface area contributed by atoms with Gasteiger partial charge in [-0.3, -0.25) is 4.79 Å². The highest BCUT2D eigenvalue weighted by Crippen LogP contribution is 2.31. The summed E-state index contributed by atoms with van der Waals surface area (Å²) in [6.45, 7) is 1.69. The standard InChI is InChI=1S/C14H15BrN2O2/c15-12-6-10(8-16)3-4-13(12)17-5-1-2-11(9-17)7-14(18)19/h3-4,6,11H,1-2,5,7,9H2,(H,18,19). The molecule has 2 rings (SSSR count). The third kappa shape index (κ3) is 3.48. The van der Waals surface area contributed by atoms with Crippen molar-refractivity contribution in [1.29, 1.82) is 5.26 Å². The minimum atomic E-state index is -0.731. The Hall–Kier alpha value is -1.54. The van der Waals surface area contributed by atoms with Crippen LogP contribution in [0.3, 0.4) is 0 Å². The van der Waals surface area contributed by atoms with Crippen LogP contribution in [0.25, 0.3) is 0 Å². The van der Waals surface area contributed by atoms with E-state index < -0.39 is 5.97 Å². The Morgan fingerprint density at radius 1 is 1.58 bits per heavy atom. The summed E-state index contributed by atoms with van der Waals surface area (Å²) in [5, 5.41) is 17.7. The molecule has 5 heteroatoms. The molecular formula is C14H15BrN2O2. The van der Waals surface area contributed by atoms with Gasteiger partial charge in [-0.25, -0.2) is 0 Å². The molecule has 0 aliphatic carbocycles. The summed E-state index contributed by atoms with van der Waals surface area (Å²) < 4.78 is 0.891. The van der Waals surface area contributed by atoms with E-state index in [9.17, 15) is 4.79 Å². The minimum Gasteiger partial charge on any atom is -0.481 e. The first kappa shape index (κ1) is 13.9. The van der Waals surface area contributed by atoms with E-state index in [4.69, 9.17) is 10.4 Å². The number of carboxylic acid groups (broad SMARTS) is 1. The second kappa shape index (κ2) is 6.07. The van der Waals surface area contributed by atoms with Gasteiger partial charge < -0.3 is 10.0 Å². The zero-order valence-corrected chi connectivity index (χ0v) is 12.1. The number of hydrogen-bond donors (Lipinski definition) is 1. The van der Waals surface area contributed by atoms with E-state index in [0.29, 0.717) is 5.56 Å². The van der Waals surface area contributed by atoms with Crippen molar-refractivity contribution in [1.82, 2.24) is 0 Å². The van der Waals surface area contributed by atoms with Gasteiger partial charge in [-0.2, -0.15) is 5.26 Å². The van der Waals surface area contributed by atoms with Crippen LogP contribution in [0.1, 0.15) is 24.8 Å². The van der Waals surface area contributed by atoms with Crippen molar-refractivity contribution in [2.75, 3.05) is 18.0 Å². The molecule has 1 N–H and O–H groups in total. The Bertz CT molecular complexity index is 525. The molecule has 1 atom stereocenters. The lowest BCUT2D eigenvalue weighted by Crippen LogP contribution is -2.36. The molecule has 19 heavy (non-hydrogen) atoms. The van der Waals surface area contributed by atoms with E-state index in [1.807, 2.05) is 6.07 Å². The van der Waals surface area contributed by atoms with Crippen molar-refractivity contribution in [3.8, 4) is 6.07 Å². The van der Waals surface area contributed by atoms with Crippen molar-refractivity contribution in [3.63, 3.8) is 0 Å². The van der Waals surface area contributed by atoms with Gasteiger partial charge in [0.05, 0.1) is 17.3 Å². The van der Waals surface area contributed by atoms with Crippen LogP contribution in [0, 0.1) is 17.2 Å². The maximum absolute atomic E-state index is 10.8. The number of benzene rings is 1. The number of halogens is 1. The molecule has 1 saturated heterocycles. The Balaban J connectivity index is 2.13. The molecule has 4 nitrogen and oxygen atoms in total. The molecule has 0 spiro atoms. The van der Waals surface area contributed by atoms with Gasteiger partial charge >= 0.3 is 5.97 Å². The van der Waals surface area contributed by atoms with Crippen LogP contribution >= 0.6 is 15.9 Å². The predicted molar refractivity (Wildman–Crippen MR) is 76.0 cm³/mol. The summed E-state index contributed by atoms with van der Waals surface area (Å²) in [6, 6.07) is 7.62. The number of carboxylic acids is 1. The predicted octanol–water partition coefficient (Wildman–Crippen LogP) is 3.01. The maximum atomic E-state index is 10.8. The molecule has 100 valence electrons. The average molecular weight is 323 g/mol. The molecule has 1 aliphatic rings. The van der Waals surface area contributed by atoms with E-state index in [0.717, 1.165) is 36.1 Å². The molecule has 1 aliphatic heterocycles. The van der Waals surface area contributed by atoms with Crippen molar-refractivity contribution < 1.29 is 9.90 Å². The van der Waals surface area contributed by atoms with Crippen molar-refractivity contribution in [3.05, 3.63) is 28.2 Å². The van der Waals surface area contributed by atoms with E-state index >= 15 is 0 Å². The number of nitrogens with zero attached hydrogens (tertiary/aromatic N) is 2. The van der Waals surface area contributed by atoms with Gasteiger partial charge in [-0.05, 0) is 52.9 Å². The zero-order chi connectivity index (χ0) is 13.8. The lowest BCUT2D eigenvalue weighted by Gasteiger charge is -2.34. The summed E-state index contributed by atoms with van der Waals surface area (Å²) >= 11 is 3.49. The Kier molecular flexibility index (Phi) is 4.43. The van der Waals surface area contributed by atoms with Crippen LogP contribution in [0.15, 0.2) is 22.7 Å². The smallest absolute Gasteiger partial charge is 0.303 e. The number of anilines is 1. The SMILES string of the molecule is N#Cc1ccc(N2CCCC(CC(=O)O)C2)c(Br)c1. The topological polar surface area (TPSA) is 64.3 Å². The monoisotopic (exact) mass is 322 g/mol. The van der Waals surface area contributed by atoms with Gasteiger partial charge in [0.2, 0.25) is 0 Å². The van der Waals surface area contributed by atoms with Crippen LogP contribution in [-0.4, -0.2) is 24.2 Å². The molecule has 0 bridgehead atoms. The van der Waals surface area contributed by atoms with Gasteiger partial charge in [0, 0.05) is 24.0 Å². The fraction of sp³-hybridized carbons (Fsp3) is 0.429. The molecule has 1 aromatic carbocycles. The lowest BCUT2D eigenvalue weighted by molar-refractivity contribution is -0.138. The first-order chi connectivity index (χ1) is 9.10. The van der Waals surface area contributed by atoms with Crippen molar-refractivity contribution in [2.45, 2.75) is 19.3 Å². The number of hydrogen-bond acceptors (Lipinski definition) is 3. The number of carbonyl (C=O) groups is 1. The Labute approximate surface area is 120 Å². The van der Waals surface area contributed by atoms with Gasteiger partial charge in [0.1, 0.15) is 0 Å². The number of piperidine rings is 1. The van der Waals surface area contributed by atoms with E-state index in [1.165, 1.54) is 0 Å². The third-order valence-electron chi connectivity index (χ3n) is 3.40. The fourth-order valence-electron chi connectivity index (χ4n) is 2.53. The van der Waals surface area contributed by atoms with Crippen LogP contribution in [0.2, 0.25) is 0 Å². The van der Waals surface area contributed by atoms with Crippen LogP contribution in [0.4, 0.5) is 5.69 Å². The summed E-state index contributed by atoms with van der Waals surface area (Å²) in [7, 11) is 0. The molecule has 0 amide bonds. The summed E-state index contributed by atoms with van der Waals surface area (Å²) in [6.07, 6.45) is 2.20. The highest BCUT2D eigenvalue weighted by atomic mass is 79.9. The normalized spacial score (nSPS) is 18.9. The Morgan fingerprint density at radius 3 is 3.00 bits per heavy atom. The molecule has 1 fully saturated rings. The first-order valence-corrected chi connectivity index (χ1v) is 7.06. The van der Waals surface area contributed by atoms with Crippen LogP contribution in [-0.2, 0) is 4.79 Å². The van der Waals surface area contributed by atoms with Crippen molar-refractivity contribution in [2.24, 2.45) is 5.92 Å². The minimum absolute atomic E-state index is 0.203. The molecular weight excluding hydrogens is 308 g/mol. The van der Waals surface area contributed by atoms with Gasteiger partial charge in [-0.1, -0.05) is 0 Å². The number of aliphatic carboxylic acids is 1. The largest absolute Gasteiger partial charge is 0.481 e. The fourth-order valence-corrected chi connectivity index (χ4v) is 3.16. The van der Waals surface area contributed by atoms with Crippen LogP contribution < -0.4 is 4.90 Å². The highest BCUT2D eigenvalue weighted by molar-refractivity contribution is 9.10. The summed E-state index contributed by atoms with van der Waals surface area (Å²) in [5.74, 6) is -0.528. The summed E-state index contributed by atoms with van der Waals surface area (Å²) in [4.78, 5) is 13.0. The number of rotatable bonds is 3. The molecule has 0 aromatic heterocycles. The second-order valence-electron chi connectivity index (χ2n) is 4.83. The van der Waals surface area contributed by atoms with E-state index in [1.54, 1.807) is 12.1 Å². The third-order valence-corrected chi connectivity index (χ3v) is 4.03. The first-order valence-electron chi connectivity index (χ1n) is 6.26. The summed E-state index contributed by atoms with van der Waals surface area (Å²) in [5.41, 5.74) is 1.66. The van der Waals surface area contributed by atoms with Gasteiger partial charge in [-0.15, -0.1) is 0 Å². The van der Waals surface area contributed by atoms with Gasteiger partial charge in [0.25, 0.3) is 0 Å². The van der Waals surface area contributed by atoms with E-state index in [-0.39, 0.29) is 12.3 Å². The molecule has 1 aromatic rings. The molecule has 1 heterocycles. The second-order valence-corrected chi connectivity index (χ2v) is 5.68. The van der Waals surface area contributed by atoms with Crippen LogP contribution in [0.5, 0.6) is 0 Å². The Morgan fingerprint density at radius 2 is 2.37 bits per heavy atom. The van der Waals surface area contributed by atoms with Gasteiger partial charge in [0.15, 0.2) is 0 Å². The highest BCUT2D eigenvalue weighted by Gasteiger charge is 2.23. The maximum Gasteiger partial charge on any atom is 0.303 e. The molecule has 0 radical (unpaired) electrons. The zero-order valence-electron chi connectivity index (χ0n) is 10.5.